The quantitative estimate of drug-likeness (QED) is 0.632. The highest BCUT2D eigenvalue weighted by Crippen LogP contribution is 2.34. The normalized spacial score (nSPS) is 10.6. The number of aryl methyl sites for hydroxylation is 2. The van der Waals surface area contributed by atoms with Gasteiger partial charge >= 0.3 is 0 Å². The first-order valence-corrected chi connectivity index (χ1v) is 6.37. The molecule has 17 heavy (non-hydrogen) atoms. The Labute approximate surface area is 106 Å². The van der Waals surface area contributed by atoms with Gasteiger partial charge in [-0.25, -0.2) is 10.8 Å². The van der Waals surface area contributed by atoms with Crippen molar-refractivity contribution >= 4 is 16.3 Å². The largest absolute Gasteiger partial charge is 0.314 e. The second-order valence-corrected chi connectivity index (χ2v) is 5.26. The number of nitrogens with one attached hydrogen (secondary N) is 1. The topological polar surface area (TPSA) is 50.9 Å². The van der Waals surface area contributed by atoms with E-state index in [1.807, 2.05) is 6.92 Å². The lowest BCUT2D eigenvalue weighted by atomic mass is 9.99. The molecule has 0 bridgehead atoms. The van der Waals surface area contributed by atoms with Crippen LogP contribution in [0, 0.1) is 27.7 Å². The van der Waals surface area contributed by atoms with Gasteiger partial charge in [-0.1, -0.05) is 23.5 Å². The number of benzene rings is 1. The second kappa shape index (κ2) is 4.47. The summed E-state index contributed by atoms with van der Waals surface area (Å²) < 4.78 is 0. The van der Waals surface area contributed by atoms with E-state index < -0.39 is 0 Å². The molecule has 3 N–H and O–H groups in total. The van der Waals surface area contributed by atoms with Crippen LogP contribution in [0.3, 0.4) is 0 Å². The highest BCUT2D eigenvalue weighted by molar-refractivity contribution is 7.19. The SMILES string of the molecule is Cc1ccc(-c2nc(C)c(NN)s2)c(C)c1C. The lowest BCUT2D eigenvalue weighted by Gasteiger charge is -2.08. The Kier molecular flexibility index (Phi) is 3.17. The van der Waals surface area contributed by atoms with Crippen LogP contribution in [0.4, 0.5) is 5.00 Å². The molecule has 0 aliphatic heterocycles. The second-order valence-electron chi connectivity index (χ2n) is 4.26. The van der Waals surface area contributed by atoms with E-state index in [9.17, 15) is 0 Å². The van der Waals surface area contributed by atoms with Crippen LogP contribution >= 0.6 is 11.3 Å². The lowest BCUT2D eigenvalue weighted by Crippen LogP contribution is -2.05. The molecule has 1 heterocycles. The van der Waals surface area contributed by atoms with E-state index in [0.717, 1.165) is 15.7 Å². The van der Waals surface area contributed by atoms with E-state index in [2.05, 4.69) is 43.3 Å². The summed E-state index contributed by atoms with van der Waals surface area (Å²) in [6.45, 7) is 8.39. The first-order valence-electron chi connectivity index (χ1n) is 5.55. The average molecular weight is 247 g/mol. The molecular formula is C13H17N3S. The highest BCUT2D eigenvalue weighted by Gasteiger charge is 2.12. The number of nitrogen functional groups attached to an aromatic ring is 1. The van der Waals surface area contributed by atoms with E-state index in [4.69, 9.17) is 5.84 Å². The zero-order valence-electron chi connectivity index (χ0n) is 10.6. The summed E-state index contributed by atoms with van der Waals surface area (Å²) >= 11 is 1.59. The molecule has 3 nitrogen and oxygen atoms in total. The maximum absolute atomic E-state index is 5.45. The Morgan fingerprint density at radius 2 is 1.82 bits per heavy atom. The fraction of sp³-hybridized carbons (Fsp3) is 0.308. The van der Waals surface area contributed by atoms with Gasteiger partial charge < -0.3 is 5.43 Å². The molecule has 1 aromatic carbocycles. The van der Waals surface area contributed by atoms with E-state index in [1.165, 1.54) is 22.3 Å². The molecule has 0 saturated carbocycles. The molecule has 0 aliphatic carbocycles. The number of rotatable bonds is 2. The molecule has 0 atom stereocenters. The van der Waals surface area contributed by atoms with Crippen LogP contribution in [0.15, 0.2) is 12.1 Å². The molecule has 1 aromatic heterocycles. The summed E-state index contributed by atoms with van der Waals surface area (Å²) in [4.78, 5) is 4.56. The maximum Gasteiger partial charge on any atom is 0.126 e. The summed E-state index contributed by atoms with van der Waals surface area (Å²) in [6, 6.07) is 4.28. The lowest BCUT2D eigenvalue weighted by molar-refractivity contribution is 1.22. The summed E-state index contributed by atoms with van der Waals surface area (Å²) in [5.74, 6) is 5.45. The highest BCUT2D eigenvalue weighted by atomic mass is 32.1. The van der Waals surface area contributed by atoms with Crippen LogP contribution in [-0.2, 0) is 0 Å². The average Bonchev–Trinajstić information content (AvgIpc) is 2.67. The van der Waals surface area contributed by atoms with Gasteiger partial charge in [0.05, 0.1) is 5.69 Å². The van der Waals surface area contributed by atoms with Crippen molar-refractivity contribution in [3.05, 3.63) is 34.5 Å². The molecule has 0 aliphatic rings. The number of aromatic nitrogens is 1. The number of hydrazine groups is 1. The number of thiazole rings is 1. The summed E-state index contributed by atoms with van der Waals surface area (Å²) in [5.41, 5.74) is 8.77. The van der Waals surface area contributed by atoms with Gasteiger partial charge in [0.1, 0.15) is 10.0 Å². The fourth-order valence-corrected chi connectivity index (χ4v) is 2.79. The fourth-order valence-electron chi connectivity index (χ4n) is 1.83. The standard InChI is InChI=1S/C13H17N3S/c1-7-5-6-11(9(3)8(7)2)13-15-10(4)12(16-14)17-13/h5-6,16H,14H2,1-4H3. The Balaban J connectivity index is 2.57. The van der Waals surface area contributed by atoms with Crippen molar-refractivity contribution in [3.8, 4) is 10.6 Å². The van der Waals surface area contributed by atoms with Gasteiger partial charge in [-0.2, -0.15) is 0 Å². The zero-order chi connectivity index (χ0) is 12.6. The molecule has 4 heteroatoms. The number of hydrogen-bond acceptors (Lipinski definition) is 4. The first-order chi connectivity index (χ1) is 8.04. The van der Waals surface area contributed by atoms with Crippen molar-refractivity contribution in [3.63, 3.8) is 0 Å². The minimum atomic E-state index is 0.928. The van der Waals surface area contributed by atoms with Gasteiger partial charge in [0, 0.05) is 5.56 Å². The number of nitrogens with zero attached hydrogens (tertiary/aromatic N) is 1. The molecule has 0 unspecified atom stereocenters. The van der Waals surface area contributed by atoms with E-state index >= 15 is 0 Å². The van der Waals surface area contributed by atoms with E-state index in [-0.39, 0.29) is 0 Å². The first kappa shape index (κ1) is 12.1. The predicted molar refractivity (Wildman–Crippen MR) is 74.3 cm³/mol. The summed E-state index contributed by atoms with van der Waals surface area (Å²) in [5, 5.41) is 1.95. The van der Waals surface area contributed by atoms with Crippen LogP contribution in [-0.4, -0.2) is 4.98 Å². The van der Waals surface area contributed by atoms with Crippen LogP contribution in [0.25, 0.3) is 10.6 Å². The van der Waals surface area contributed by atoms with Crippen molar-refractivity contribution in [2.75, 3.05) is 5.43 Å². The van der Waals surface area contributed by atoms with Gasteiger partial charge in [-0.15, -0.1) is 0 Å². The van der Waals surface area contributed by atoms with Gasteiger partial charge in [-0.3, -0.25) is 0 Å². The number of hydrogen-bond donors (Lipinski definition) is 2. The molecule has 2 rings (SSSR count). The molecule has 90 valence electrons. The van der Waals surface area contributed by atoms with Crippen LogP contribution < -0.4 is 11.3 Å². The van der Waals surface area contributed by atoms with Crippen molar-refractivity contribution in [1.82, 2.24) is 4.98 Å². The van der Waals surface area contributed by atoms with Crippen LogP contribution in [0.5, 0.6) is 0 Å². The third kappa shape index (κ3) is 2.06. The van der Waals surface area contributed by atoms with Gasteiger partial charge in [0.25, 0.3) is 0 Å². The molecule has 2 aromatic rings. The Hall–Kier alpha value is -1.39. The molecule has 0 saturated heterocycles. The Morgan fingerprint density at radius 3 is 2.41 bits per heavy atom. The molecule has 0 spiro atoms. The number of nitrogens with two attached hydrogens (primary N) is 1. The minimum Gasteiger partial charge on any atom is -0.314 e. The summed E-state index contributed by atoms with van der Waals surface area (Å²) in [6.07, 6.45) is 0. The third-order valence-electron chi connectivity index (χ3n) is 3.22. The van der Waals surface area contributed by atoms with Crippen LogP contribution in [0.1, 0.15) is 22.4 Å². The monoisotopic (exact) mass is 247 g/mol. The molecule has 0 fully saturated rings. The van der Waals surface area contributed by atoms with Crippen molar-refractivity contribution in [2.45, 2.75) is 27.7 Å². The van der Waals surface area contributed by atoms with Crippen molar-refractivity contribution < 1.29 is 0 Å². The third-order valence-corrected chi connectivity index (χ3v) is 4.34. The Morgan fingerprint density at radius 1 is 1.12 bits per heavy atom. The minimum absolute atomic E-state index is 0.928. The predicted octanol–water partition coefficient (Wildman–Crippen LogP) is 3.33. The van der Waals surface area contributed by atoms with Gasteiger partial charge in [0.2, 0.25) is 0 Å². The number of anilines is 1. The summed E-state index contributed by atoms with van der Waals surface area (Å²) in [7, 11) is 0. The van der Waals surface area contributed by atoms with E-state index in [0.29, 0.717) is 0 Å². The zero-order valence-corrected chi connectivity index (χ0v) is 11.4. The molecular weight excluding hydrogens is 230 g/mol. The smallest absolute Gasteiger partial charge is 0.126 e. The maximum atomic E-state index is 5.45. The molecule has 0 amide bonds. The molecule has 0 radical (unpaired) electrons. The van der Waals surface area contributed by atoms with Gasteiger partial charge in [0.15, 0.2) is 0 Å². The van der Waals surface area contributed by atoms with Crippen molar-refractivity contribution in [1.29, 1.82) is 0 Å². The van der Waals surface area contributed by atoms with Crippen LogP contribution in [0.2, 0.25) is 0 Å². The van der Waals surface area contributed by atoms with Gasteiger partial charge in [-0.05, 0) is 44.4 Å². The van der Waals surface area contributed by atoms with Crippen molar-refractivity contribution in [2.24, 2.45) is 5.84 Å². The Bertz CT molecular complexity index is 558. The van der Waals surface area contributed by atoms with E-state index in [1.54, 1.807) is 11.3 Å².